The molecule has 3 aromatic rings. The summed E-state index contributed by atoms with van der Waals surface area (Å²) in [6.07, 6.45) is -0.0985. The number of sulfonamides is 1. The molecule has 3 aromatic carbocycles. The highest BCUT2D eigenvalue weighted by Crippen LogP contribution is 2.27. The highest BCUT2D eigenvalue weighted by Gasteiger charge is 2.29. The van der Waals surface area contributed by atoms with Crippen LogP contribution in [0.15, 0.2) is 65.6 Å². The molecule has 37 heavy (non-hydrogen) atoms. The quantitative estimate of drug-likeness (QED) is 0.365. The molecule has 0 aliphatic carbocycles. The van der Waals surface area contributed by atoms with Gasteiger partial charge in [0, 0.05) is 53.4 Å². The zero-order valence-electron chi connectivity index (χ0n) is 19.7. The number of carbonyl (C=O) groups is 1. The SMILES string of the molecule is O=C(O)Cc1ccc(OCc2ccc(Cl)cc2)c(CN2CCN(S(=O)(=O)c3cc(Cl)cc(Cl)c3)CC2)c1. The second-order valence-corrected chi connectivity index (χ2v) is 12.0. The first-order chi connectivity index (χ1) is 17.6. The van der Waals surface area contributed by atoms with Gasteiger partial charge in [0.05, 0.1) is 11.3 Å². The zero-order valence-corrected chi connectivity index (χ0v) is 22.8. The minimum atomic E-state index is -3.74. The van der Waals surface area contributed by atoms with Crippen molar-refractivity contribution in [2.45, 2.75) is 24.5 Å². The topological polar surface area (TPSA) is 87.2 Å². The van der Waals surface area contributed by atoms with Crippen molar-refractivity contribution in [3.63, 3.8) is 0 Å². The predicted octanol–water partition coefficient (Wildman–Crippen LogP) is 5.36. The van der Waals surface area contributed by atoms with Crippen LogP contribution in [0, 0.1) is 0 Å². The minimum absolute atomic E-state index is 0.0673. The standard InChI is InChI=1S/C26H25Cl3N2O5S/c27-21-4-1-18(2-5-21)17-36-25-6-3-19(12-26(32)33)11-20(25)16-30-7-9-31(10-8-30)37(34,35)24-14-22(28)13-23(29)15-24/h1-6,11,13-15H,7-10,12,16-17H2,(H,32,33). The van der Waals surface area contributed by atoms with Crippen LogP contribution in [0.2, 0.25) is 15.1 Å². The molecule has 0 bridgehead atoms. The van der Waals surface area contributed by atoms with E-state index >= 15 is 0 Å². The summed E-state index contributed by atoms with van der Waals surface area (Å²) in [4.78, 5) is 13.4. The summed E-state index contributed by atoms with van der Waals surface area (Å²) in [6, 6.07) is 17.0. The third-order valence-electron chi connectivity index (χ3n) is 5.99. The van der Waals surface area contributed by atoms with Gasteiger partial charge in [-0.15, -0.1) is 0 Å². The second kappa shape index (κ2) is 12.0. The van der Waals surface area contributed by atoms with E-state index in [9.17, 15) is 18.3 Å². The Labute approximate surface area is 231 Å². The van der Waals surface area contributed by atoms with Gasteiger partial charge in [0.2, 0.25) is 10.0 Å². The summed E-state index contributed by atoms with van der Waals surface area (Å²) < 4.78 is 33.7. The van der Waals surface area contributed by atoms with Crippen molar-refractivity contribution in [1.82, 2.24) is 9.21 Å². The Bertz CT molecular complexity index is 1360. The molecule has 4 rings (SSSR count). The Balaban J connectivity index is 1.46. The molecule has 11 heteroatoms. The van der Waals surface area contributed by atoms with Crippen LogP contribution in [-0.2, 0) is 34.4 Å². The van der Waals surface area contributed by atoms with Crippen LogP contribution in [0.25, 0.3) is 0 Å². The molecule has 7 nitrogen and oxygen atoms in total. The van der Waals surface area contributed by atoms with E-state index in [-0.39, 0.29) is 21.4 Å². The van der Waals surface area contributed by atoms with E-state index in [1.807, 2.05) is 18.2 Å². The van der Waals surface area contributed by atoms with Gasteiger partial charge in [0.1, 0.15) is 12.4 Å². The van der Waals surface area contributed by atoms with Gasteiger partial charge in [-0.3, -0.25) is 9.69 Å². The monoisotopic (exact) mass is 582 g/mol. The smallest absolute Gasteiger partial charge is 0.307 e. The maximum absolute atomic E-state index is 13.1. The molecule has 0 spiro atoms. The third kappa shape index (κ3) is 7.37. The van der Waals surface area contributed by atoms with E-state index in [4.69, 9.17) is 39.5 Å². The van der Waals surface area contributed by atoms with E-state index in [1.165, 1.54) is 22.5 Å². The van der Waals surface area contributed by atoms with Crippen LogP contribution in [-0.4, -0.2) is 54.9 Å². The molecule has 0 radical (unpaired) electrons. The lowest BCUT2D eigenvalue weighted by molar-refractivity contribution is -0.136. The van der Waals surface area contributed by atoms with Gasteiger partial charge in [0.15, 0.2) is 0 Å². The molecule has 0 amide bonds. The molecule has 0 saturated carbocycles. The minimum Gasteiger partial charge on any atom is -0.489 e. The molecule has 0 atom stereocenters. The first kappa shape index (κ1) is 27.7. The van der Waals surface area contributed by atoms with Crippen molar-refractivity contribution < 1.29 is 23.1 Å². The zero-order chi connectivity index (χ0) is 26.6. The van der Waals surface area contributed by atoms with Gasteiger partial charge < -0.3 is 9.84 Å². The summed E-state index contributed by atoms with van der Waals surface area (Å²) in [5, 5.41) is 10.4. The maximum Gasteiger partial charge on any atom is 0.307 e. The molecular weight excluding hydrogens is 559 g/mol. The number of rotatable bonds is 9. The second-order valence-electron chi connectivity index (χ2n) is 8.71. The molecule has 1 N–H and O–H groups in total. The van der Waals surface area contributed by atoms with Crippen molar-refractivity contribution in [2.24, 2.45) is 0 Å². The molecular formula is C26H25Cl3N2O5S. The number of hydrogen-bond donors (Lipinski definition) is 1. The van der Waals surface area contributed by atoms with Crippen molar-refractivity contribution in [1.29, 1.82) is 0 Å². The molecule has 1 aliphatic heterocycles. The molecule has 1 saturated heterocycles. The Morgan fingerprint density at radius 1 is 0.838 bits per heavy atom. The van der Waals surface area contributed by atoms with Crippen molar-refractivity contribution >= 4 is 50.8 Å². The van der Waals surface area contributed by atoms with Gasteiger partial charge >= 0.3 is 5.97 Å². The predicted molar refractivity (Wildman–Crippen MR) is 144 cm³/mol. The number of benzene rings is 3. The van der Waals surface area contributed by atoms with Crippen LogP contribution < -0.4 is 4.74 Å². The molecule has 1 aliphatic rings. The Hall–Kier alpha value is -2.33. The number of nitrogens with zero attached hydrogens (tertiary/aromatic N) is 2. The van der Waals surface area contributed by atoms with Gasteiger partial charge in [-0.1, -0.05) is 59.1 Å². The summed E-state index contributed by atoms with van der Waals surface area (Å²) >= 11 is 18.0. The van der Waals surface area contributed by atoms with E-state index in [0.29, 0.717) is 55.7 Å². The lowest BCUT2D eigenvalue weighted by atomic mass is 10.1. The van der Waals surface area contributed by atoms with Gasteiger partial charge in [-0.25, -0.2) is 8.42 Å². The largest absolute Gasteiger partial charge is 0.489 e. The lowest BCUT2D eigenvalue weighted by Gasteiger charge is -2.34. The Kier molecular flexibility index (Phi) is 9.00. The van der Waals surface area contributed by atoms with Gasteiger partial charge in [0.25, 0.3) is 0 Å². The fourth-order valence-corrected chi connectivity index (χ4v) is 6.39. The van der Waals surface area contributed by atoms with E-state index in [0.717, 1.165) is 11.1 Å². The number of halogens is 3. The highest BCUT2D eigenvalue weighted by atomic mass is 35.5. The molecule has 0 unspecified atom stereocenters. The molecule has 1 heterocycles. The summed E-state index contributed by atoms with van der Waals surface area (Å²) in [7, 11) is -3.74. The van der Waals surface area contributed by atoms with E-state index < -0.39 is 16.0 Å². The normalized spacial score (nSPS) is 15.0. The van der Waals surface area contributed by atoms with Crippen LogP contribution in [0.5, 0.6) is 5.75 Å². The fourth-order valence-electron chi connectivity index (χ4n) is 4.12. The van der Waals surface area contributed by atoms with Crippen LogP contribution in [0.3, 0.4) is 0 Å². The molecule has 0 aromatic heterocycles. The number of carboxylic acid groups (broad SMARTS) is 1. The summed E-state index contributed by atoms with van der Waals surface area (Å²) in [5.41, 5.74) is 2.45. The summed E-state index contributed by atoms with van der Waals surface area (Å²) in [5.74, 6) is -0.270. The van der Waals surface area contributed by atoms with Crippen LogP contribution in [0.4, 0.5) is 0 Å². The fraction of sp³-hybridized carbons (Fsp3) is 0.269. The van der Waals surface area contributed by atoms with Gasteiger partial charge in [-0.2, -0.15) is 4.31 Å². The first-order valence-corrected chi connectivity index (χ1v) is 14.1. The summed E-state index contributed by atoms with van der Waals surface area (Å²) in [6.45, 7) is 2.39. The van der Waals surface area contributed by atoms with Gasteiger partial charge in [-0.05, 0) is 47.5 Å². The van der Waals surface area contributed by atoms with E-state index in [2.05, 4.69) is 4.90 Å². The number of carboxylic acids is 1. The van der Waals surface area contributed by atoms with Crippen molar-refractivity contribution in [3.8, 4) is 5.75 Å². The van der Waals surface area contributed by atoms with Crippen LogP contribution in [0.1, 0.15) is 16.7 Å². The number of piperazine rings is 1. The van der Waals surface area contributed by atoms with Crippen LogP contribution >= 0.6 is 34.8 Å². The number of hydrogen-bond acceptors (Lipinski definition) is 5. The molecule has 1 fully saturated rings. The molecule has 196 valence electrons. The third-order valence-corrected chi connectivity index (χ3v) is 8.55. The Morgan fingerprint density at radius 2 is 1.46 bits per heavy atom. The average molecular weight is 584 g/mol. The average Bonchev–Trinajstić information content (AvgIpc) is 2.84. The highest BCUT2D eigenvalue weighted by molar-refractivity contribution is 7.89. The lowest BCUT2D eigenvalue weighted by Crippen LogP contribution is -2.48. The maximum atomic E-state index is 13.1. The Morgan fingerprint density at radius 3 is 2.08 bits per heavy atom. The first-order valence-electron chi connectivity index (χ1n) is 11.5. The number of aliphatic carboxylic acids is 1. The van der Waals surface area contributed by atoms with Crippen molar-refractivity contribution in [3.05, 3.63) is 92.4 Å². The van der Waals surface area contributed by atoms with Crippen molar-refractivity contribution in [2.75, 3.05) is 26.2 Å². The number of ether oxygens (including phenoxy) is 1. The van der Waals surface area contributed by atoms with E-state index in [1.54, 1.807) is 24.3 Å².